The van der Waals surface area contributed by atoms with E-state index in [0.29, 0.717) is 29.4 Å². The van der Waals surface area contributed by atoms with E-state index >= 15 is 0 Å². The molecule has 0 unspecified atom stereocenters. The Balaban J connectivity index is 1.76. The van der Waals surface area contributed by atoms with E-state index in [1.54, 1.807) is 0 Å². The zero-order chi connectivity index (χ0) is 18.3. The largest absolute Gasteiger partial charge is 0.382 e. The number of nitrogens with zero attached hydrogens (tertiary/aromatic N) is 3. The highest BCUT2D eigenvalue weighted by atomic mass is 32.1. The van der Waals surface area contributed by atoms with Gasteiger partial charge >= 0.3 is 0 Å². The number of nitrogens with two attached hydrogens (primary N) is 1. The van der Waals surface area contributed by atoms with E-state index in [1.165, 1.54) is 12.8 Å². The third-order valence-corrected chi connectivity index (χ3v) is 4.82. The van der Waals surface area contributed by atoms with Gasteiger partial charge in [-0.15, -0.1) is 0 Å². The van der Waals surface area contributed by atoms with Gasteiger partial charge in [-0.25, -0.2) is 9.97 Å². The molecule has 1 aliphatic carbocycles. The summed E-state index contributed by atoms with van der Waals surface area (Å²) in [6.07, 6.45) is 2.39. The number of hydrogen-bond acceptors (Lipinski definition) is 4. The average Bonchev–Trinajstić information content (AvgIpc) is 3.33. The van der Waals surface area contributed by atoms with Crippen molar-refractivity contribution in [2.75, 3.05) is 5.73 Å². The van der Waals surface area contributed by atoms with Gasteiger partial charge in [0.15, 0.2) is 10.9 Å². The highest BCUT2D eigenvalue weighted by Gasteiger charge is 2.22. The number of fused-ring (bicyclic) bond motifs is 3. The minimum absolute atomic E-state index is 0.473. The summed E-state index contributed by atoms with van der Waals surface area (Å²) in [5, 5.41) is 8.36. The van der Waals surface area contributed by atoms with Crippen LogP contribution in [0.4, 0.5) is 5.82 Å². The second kappa shape index (κ2) is 6.72. The molecule has 4 rings (SSSR count). The van der Waals surface area contributed by atoms with Crippen LogP contribution in [0, 0.1) is 5.92 Å². The Kier molecular flexibility index (Phi) is 4.40. The number of pyridine rings is 1. The predicted octanol–water partition coefficient (Wildman–Crippen LogP) is 2.95. The fraction of sp³-hybridized carbons (Fsp3) is 0.421. The van der Waals surface area contributed by atoms with Crippen molar-refractivity contribution in [3.8, 4) is 0 Å². The zero-order valence-corrected chi connectivity index (χ0v) is 15.9. The van der Waals surface area contributed by atoms with Crippen LogP contribution in [0.5, 0.6) is 0 Å². The van der Waals surface area contributed by atoms with Crippen LogP contribution in [0.15, 0.2) is 24.3 Å². The first-order chi connectivity index (χ1) is 12.5. The van der Waals surface area contributed by atoms with Gasteiger partial charge in [-0.1, -0.05) is 32.0 Å². The van der Waals surface area contributed by atoms with Crippen molar-refractivity contribution in [2.45, 2.75) is 45.8 Å². The molecule has 0 amide bonds. The maximum atomic E-state index is 6.22. The van der Waals surface area contributed by atoms with Crippen molar-refractivity contribution in [1.29, 1.82) is 0 Å². The van der Waals surface area contributed by atoms with Crippen molar-refractivity contribution >= 4 is 45.1 Å². The predicted molar refractivity (Wildman–Crippen MR) is 110 cm³/mol. The first-order valence-corrected chi connectivity index (χ1v) is 9.51. The van der Waals surface area contributed by atoms with Crippen LogP contribution in [-0.4, -0.2) is 25.7 Å². The molecule has 3 aromatic rings. The van der Waals surface area contributed by atoms with Gasteiger partial charge in [0.2, 0.25) is 0 Å². The molecular weight excluding hydrogens is 344 g/mol. The maximum Gasteiger partial charge on any atom is 0.166 e. The lowest BCUT2D eigenvalue weighted by molar-refractivity contribution is 0.514. The number of nitrogen functional groups attached to an aromatic ring is 1. The van der Waals surface area contributed by atoms with E-state index in [-0.39, 0.29) is 0 Å². The summed E-state index contributed by atoms with van der Waals surface area (Å²) in [5.74, 6) is 1.88. The Labute approximate surface area is 158 Å². The van der Waals surface area contributed by atoms with Gasteiger partial charge in [-0.2, -0.15) is 0 Å². The molecule has 136 valence electrons. The molecule has 1 aliphatic rings. The molecule has 26 heavy (non-hydrogen) atoms. The Morgan fingerprint density at radius 3 is 2.81 bits per heavy atom. The number of anilines is 1. The molecule has 0 aliphatic heterocycles. The average molecular weight is 369 g/mol. The number of aromatic nitrogens is 3. The summed E-state index contributed by atoms with van der Waals surface area (Å²) < 4.78 is 2.26. The first-order valence-electron chi connectivity index (χ1n) is 9.10. The summed E-state index contributed by atoms with van der Waals surface area (Å²) in [6.45, 7) is 5.83. The molecule has 0 saturated heterocycles. The molecule has 0 spiro atoms. The van der Waals surface area contributed by atoms with Gasteiger partial charge in [-0.05, 0) is 37.0 Å². The van der Waals surface area contributed by atoms with Crippen molar-refractivity contribution in [3.05, 3.63) is 30.1 Å². The Bertz CT molecular complexity index is 973. The van der Waals surface area contributed by atoms with Gasteiger partial charge < -0.3 is 20.9 Å². The second-order valence-corrected chi connectivity index (χ2v) is 7.75. The number of benzene rings is 1. The second-order valence-electron chi connectivity index (χ2n) is 7.35. The van der Waals surface area contributed by atoms with Gasteiger partial charge in [0.25, 0.3) is 0 Å². The normalized spacial score (nSPS) is 14.3. The molecule has 2 aromatic heterocycles. The fourth-order valence-corrected chi connectivity index (χ4v) is 3.46. The van der Waals surface area contributed by atoms with E-state index in [4.69, 9.17) is 22.9 Å². The molecule has 0 radical (unpaired) electrons. The quantitative estimate of drug-likeness (QED) is 0.601. The van der Waals surface area contributed by atoms with Gasteiger partial charge in [0.05, 0.1) is 17.6 Å². The van der Waals surface area contributed by atoms with E-state index < -0.39 is 0 Å². The minimum Gasteiger partial charge on any atom is -0.382 e. The zero-order valence-electron chi connectivity index (χ0n) is 15.1. The summed E-state index contributed by atoms with van der Waals surface area (Å²) in [7, 11) is 0. The number of hydrogen-bond donors (Lipinski definition) is 3. The molecule has 1 fully saturated rings. The number of imidazole rings is 1. The summed E-state index contributed by atoms with van der Waals surface area (Å²) in [4.78, 5) is 9.33. The summed E-state index contributed by atoms with van der Waals surface area (Å²) in [6, 6.07) is 8.62. The molecule has 2 heterocycles. The lowest BCUT2D eigenvalue weighted by Gasteiger charge is -2.14. The van der Waals surface area contributed by atoms with Crippen molar-refractivity contribution in [1.82, 2.24) is 25.2 Å². The molecular formula is C19H24N6S. The first kappa shape index (κ1) is 17.0. The number of para-hydroxylation sites is 1. The van der Waals surface area contributed by atoms with Crippen molar-refractivity contribution in [3.63, 3.8) is 0 Å². The number of rotatable bonds is 5. The molecule has 0 atom stereocenters. The van der Waals surface area contributed by atoms with Crippen LogP contribution in [0.2, 0.25) is 0 Å². The van der Waals surface area contributed by atoms with Crippen LogP contribution in [0.25, 0.3) is 21.9 Å². The third kappa shape index (κ3) is 3.31. The molecule has 1 saturated carbocycles. The Morgan fingerprint density at radius 1 is 1.31 bits per heavy atom. The van der Waals surface area contributed by atoms with Gasteiger partial charge in [0.1, 0.15) is 11.3 Å². The van der Waals surface area contributed by atoms with E-state index in [1.807, 2.05) is 18.2 Å². The Hall–Kier alpha value is -2.41. The lowest BCUT2D eigenvalue weighted by Crippen LogP contribution is -2.36. The SMILES string of the molecule is CC(C)Cn1c(CNC(=S)NC2CC2)nc2c(N)nc3ccccc3c21. The Morgan fingerprint density at radius 2 is 2.08 bits per heavy atom. The highest BCUT2D eigenvalue weighted by Crippen LogP contribution is 2.29. The number of thiocarbonyl (C=S) groups is 1. The van der Waals surface area contributed by atoms with E-state index in [2.05, 4.69) is 40.1 Å². The van der Waals surface area contributed by atoms with Gasteiger partial charge in [0, 0.05) is 18.0 Å². The van der Waals surface area contributed by atoms with Gasteiger partial charge in [-0.3, -0.25) is 0 Å². The topological polar surface area (TPSA) is 80.8 Å². The lowest BCUT2D eigenvalue weighted by atomic mass is 10.1. The van der Waals surface area contributed by atoms with Crippen LogP contribution in [0.1, 0.15) is 32.5 Å². The van der Waals surface area contributed by atoms with Crippen LogP contribution in [0.3, 0.4) is 0 Å². The van der Waals surface area contributed by atoms with E-state index in [9.17, 15) is 0 Å². The monoisotopic (exact) mass is 368 g/mol. The molecule has 1 aromatic carbocycles. The standard InChI is InChI=1S/C19H24N6S/c1-11(2)10-25-15(9-21-19(26)22-12-7-8-12)24-16-17(25)13-5-3-4-6-14(13)23-18(16)20/h3-6,11-12H,7-10H2,1-2H3,(H2,20,23)(H2,21,22,26). The summed E-state index contributed by atoms with van der Waals surface area (Å²) in [5.41, 5.74) is 8.94. The molecule has 6 nitrogen and oxygen atoms in total. The van der Waals surface area contributed by atoms with Crippen molar-refractivity contribution in [2.24, 2.45) is 5.92 Å². The van der Waals surface area contributed by atoms with Crippen LogP contribution < -0.4 is 16.4 Å². The van der Waals surface area contributed by atoms with Crippen molar-refractivity contribution < 1.29 is 0 Å². The van der Waals surface area contributed by atoms with E-state index in [0.717, 1.165) is 34.3 Å². The number of nitrogens with one attached hydrogen (secondary N) is 2. The fourth-order valence-electron chi connectivity index (χ4n) is 3.23. The maximum absolute atomic E-state index is 6.22. The smallest absolute Gasteiger partial charge is 0.166 e. The summed E-state index contributed by atoms with van der Waals surface area (Å²) >= 11 is 5.39. The van der Waals surface area contributed by atoms with Crippen LogP contribution in [-0.2, 0) is 13.1 Å². The highest BCUT2D eigenvalue weighted by molar-refractivity contribution is 7.80. The third-order valence-electron chi connectivity index (χ3n) is 4.56. The molecule has 0 bridgehead atoms. The van der Waals surface area contributed by atoms with Crippen LogP contribution >= 0.6 is 12.2 Å². The molecule has 7 heteroatoms. The minimum atomic E-state index is 0.473. The molecule has 4 N–H and O–H groups in total.